The summed E-state index contributed by atoms with van der Waals surface area (Å²) in [7, 11) is 0. The molecule has 1 aromatic heterocycles. The first-order valence-corrected chi connectivity index (χ1v) is 7.40. The number of nitrogens with zero attached hydrogens (tertiary/aromatic N) is 1. The number of aromatic nitrogens is 1. The Morgan fingerprint density at radius 3 is 2.67 bits per heavy atom. The zero-order valence-electron chi connectivity index (χ0n) is 12.1. The molecular formula is C18H16ClNO. The molecule has 0 radical (unpaired) electrons. The first-order chi connectivity index (χ1) is 10.2. The van der Waals surface area contributed by atoms with Gasteiger partial charge < -0.3 is 4.74 Å². The molecular weight excluding hydrogens is 282 g/mol. The van der Waals surface area contributed by atoms with Crippen LogP contribution in [0.15, 0.2) is 48.5 Å². The lowest BCUT2D eigenvalue weighted by molar-refractivity contribution is 0.464. The molecule has 0 fully saturated rings. The third kappa shape index (κ3) is 2.86. The number of aryl methyl sites for hydroxylation is 2. The second-order valence-electron chi connectivity index (χ2n) is 5.14. The van der Waals surface area contributed by atoms with E-state index in [4.69, 9.17) is 16.3 Å². The Morgan fingerprint density at radius 2 is 1.86 bits per heavy atom. The SMILES string of the molecule is Cc1ccc(C)c(Oc2nc(CCl)cc3ccccc23)c1. The lowest BCUT2D eigenvalue weighted by Gasteiger charge is -2.12. The largest absolute Gasteiger partial charge is 0.438 e. The number of hydrogen-bond donors (Lipinski definition) is 0. The number of ether oxygens (including phenoxy) is 1. The summed E-state index contributed by atoms with van der Waals surface area (Å²) in [6, 6.07) is 16.2. The average Bonchev–Trinajstić information content (AvgIpc) is 2.50. The van der Waals surface area contributed by atoms with Crippen molar-refractivity contribution in [1.29, 1.82) is 0 Å². The number of fused-ring (bicyclic) bond motifs is 1. The summed E-state index contributed by atoms with van der Waals surface area (Å²) in [5, 5.41) is 2.08. The van der Waals surface area contributed by atoms with Crippen LogP contribution in [0.5, 0.6) is 11.6 Å². The number of hydrogen-bond acceptors (Lipinski definition) is 2. The van der Waals surface area contributed by atoms with Gasteiger partial charge in [0.05, 0.1) is 11.6 Å². The zero-order chi connectivity index (χ0) is 14.8. The van der Waals surface area contributed by atoms with Crippen LogP contribution in [-0.2, 0) is 5.88 Å². The number of alkyl halides is 1. The molecule has 1 heterocycles. The minimum absolute atomic E-state index is 0.369. The van der Waals surface area contributed by atoms with Gasteiger partial charge in [0.15, 0.2) is 0 Å². The van der Waals surface area contributed by atoms with Gasteiger partial charge in [0.1, 0.15) is 5.75 Å². The maximum absolute atomic E-state index is 6.08. The summed E-state index contributed by atoms with van der Waals surface area (Å²) < 4.78 is 6.08. The second-order valence-corrected chi connectivity index (χ2v) is 5.41. The highest BCUT2D eigenvalue weighted by Gasteiger charge is 2.09. The van der Waals surface area contributed by atoms with E-state index in [0.29, 0.717) is 11.8 Å². The molecule has 0 amide bonds. The standard InChI is InChI=1S/C18H16ClNO/c1-12-7-8-13(2)17(9-12)21-18-16-6-4-3-5-14(16)10-15(11-19)20-18/h3-10H,11H2,1-2H3. The van der Waals surface area contributed by atoms with Crippen molar-refractivity contribution in [1.82, 2.24) is 4.98 Å². The van der Waals surface area contributed by atoms with Crippen LogP contribution in [0.3, 0.4) is 0 Å². The Kier molecular flexibility index (Phi) is 3.80. The Bertz CT molecular complexity index is 798. The highest BCUT2D eigenvalue weighted by molar-refractivity contribution is 6.17. The van der Waals surface area contributed by atoms with Crippen LogP contribution in [0.4, 0.5) is 0 Å². The fourth-order valence-corrected chi connectivity index (χ4v) is 2.42. The molecule has 2 nitrogen and oxygen atoms in total. The summed E-state index contributed by atoms with van der Waals surface area (Å²) in [4.78, 5) is 4.53. The predicted molar refractivity (Wildman–Crippen MR) is 87.3 cm³/mol. The average molecular weight is 298 g/mol. The lowest BCUT2D eigenvalue weighted by atomic mass is 10.1. The van der Waals surface area contributed by atoms with Crippen LogP contribution < -0.4 is 4.74 Å². The van der Waals surface area contributed by atoms with Crippen molar-refractivity contribution >= 4 is 22.4 Å². The highest BCUT2D eigenvalue weighted by atomic mass is 35.5. The van der Waals surface area contributed by atoms with E-state index in [-0.39, 0.29) is 0 Å². The Balaban J connectivity index is 2.13. The third-order valence-corrected chi connectivity index (χ3v) is 3.72. The minimum Gasteiger partial charge on any atom is -0.438 e. The number of halogens is 1. The van der Waals surface area contributed by atoms with Crippen molar-refractivity contribution in [3.8, 4) is 11.6 Å². The van der Waals surface area contributed by atoms with Gasteiger partial charge in [-0.3, -0.25) is 0 Å². The van der Waals surface area contributed by atoms with Crippen LogP contribution in [0.2, 0.25) is 0 Å². The molecule has 0 atom stereocenters. The molecule has 21 heavy (non-hydrogen) atoms. The minimum atomic E-state index is 0.369. The molecule has 2 aromatic carbocycles. The van der Waals surface area contributed by atoms with E-state index in [9.17, 15) is 0 Å². The molecule has 0 spiro atoms. The number of benzene rings is 2. The maximum atomic E-state index is 6.08. The fraction of sp³-hybridized carbons (Fsp3) is 0.167. The van der Waals surface area contributed by atoms with Gasteiger partial charge in [-0.25, -0.2) is 4.98 Å². The topological polar surface area (TPSA) is 22.1 Å². The molecule has 106 valence electrons. The molecule has 0 aliphatic heterocycles. The van der Waals surface area contributed by atoms with Gasteiger partial charge in [-0.1, -0.05) is 30.3 Å². The lowest BCUT2D eigenvalue weighted by Crippen LogP contribution is -1.95. The van der Waals surface area contributed by atoms with Crippen LogP contribution >= 0.6 is 11.6 Å². The van der Waals surface area contributed by atoms with E-state index < -0.39 is 0 Å². The molecule has 0 saturated heterocycles. The smallest absolute Gasteiger partial charge is 0.227 e. The van der Waals surface area contributed by atoms with Gasteiger partial charge in [0, 0.05) is 5.39 Å². The summed E-state index contributed by atoms with van der Waals surface area (Å²) >= 11 is 5.94. The van der Waals surface area contributed by atoms with Crippen LogP contribution in [-0.4, -0.2) is 4.98 Å². The molecule has 0 N–H and O–H groups in total. The molecule has 0 unspecified atom stereocenters. The highest BCUT2D eigenvalue weighted by Crippen LogP contribution is 2.31. The molecule has 0 bridgehead atoms. The summed E-state index contributed by atoms with van der Waals surface area (Å²) in [5.41, 5.74) is 3.06. The van der Waals surface area contributed by atoms with Crippen molar-refractivity contribution in [2.24, 2.45) is 0 Å². The van der Waals surface area contributed by atoms with Crippen molar-refractivity contribution in [3.05, 3.63) is 65.4 Å². The van der Waals surface area contributed by atoms with Crippen molar-refractivity contribution in [3.63, 3.8) is 0 Å². The first-order valence-electron chi connectivity index (χ1n) is 6.87. The molecule has 3 heteroatoms. The quantitative estimate of drug-likeness (QED) is 0.605. The van der Waals surface area contributed by atoms with Crippen LogP contribution in [0, 0.1) is 13.8 Å². The third-order valence-electron chi connectivity index (χ3n) is 3.45. The Hall–Kier alpha value is -2.06. The van der Waals surface area contributed by atoms with Crippen LogP contribution in [0.25, 0.3) is 10.8 Å². The van der Waals surface area contributed by atoms with E-state index in [1.165, 1.54) is 0 Å². The summed E-state index contributed by atoms with van der Waals surface area (Å²) in [6.07, 6.45) is 0. The van der Waals surface area contributed by atoms with Crippen LogP contribution in [0.1, 0.15) is 16.8 Å². The molecule has 0 aliphatic rings. The monoisotopic (exact) mass is 297 g/mol. The molecule has 3 rings (SSSR count). The van der Waals surface area contributed by atoms with E-state index in [0.717, 1.165) is 33.3 Å². The van der Waals surface area contributed by atoms with Gasteiger partial charge in [-0.15, -0.1) is 11.6 Å². The van der Waals surface area contributed by atoms with E-state index in [2.05, 4.69) is 17.1 Å². The summed E-state index contributed by atoms with van der Waals surface area (Å²) in [5.74, 6) is 1.81. The maximum Gasteiger partial charge on any atom is 0.227 e. The van der Waals surface area contributed by atoms with Crippen molar-refractivity contribution in [2.45, 2.75) is 19.7 Å². The molecule has 0 aliphatic carbocycles. The molecule has 0 saturated carbocycles. The van der Waals surface area contributed by atoms with E-state index in [1.807, 2.05) is 50.2 Å². The van der Waals surface area contributed by atoms with Gasteiger partial charge in [-0.2, -0.15) is 0 Å². The molecule has 3 aromatic rings. The Labute approximate surface area is 129 Å². The van der Waals surface area contributed by atoms with Crippen molar-refractivity contribution < 1.29 is 4.74 Å². The zero-order valence-corrected chi connectivity index (χ0v) is 12.8. The van der Waals surface area contributed by atoms with Crippen molar-refractivity contribution in [2.75, 3.05) is 0 Å². The fourth-order valence-electron chi connectivity index (χ4n) is 2.29. The van der Waals surface area contributed by atoms with Gasteiger partial charge >= 0.3 is 0 Å². The second kappa shape index (κ2) is 5.74. The van der Waals surface area contributed by atoms with E-state index in [1.54, 1.807) is 0 Å². The van der Waals surface area contributed by atoms with Gasteiger partial charge in [0.25, 0.3) is 0 Å². The van der Waals surface area contributed by atoms with Gasteiger partial charge in [0.2, 0.25) is 5.88 Å². The normalized spacial score (nSPS) is 10.8. The Morgan fingerprint density at radius 1 is 1.05 bits per heavy atom. The van der Waals surface area contributed by atoms with Gasteiger partial charge in [-0.05, 0) is 48.6 Å². The summed E-state index contributed by atoms with van der Waals surface area (Å²) in [6.45, 7) is 4.08. The predicted octanol–water partition coefficient (Wildman–Crippen LogP) is 5.38. The van der Waals surface area contributed by atoms with E-state index >= 15 is 0 Å². The number of rotatable bonds is 3. The first kappa shape index (κ1) is 13.9. The number of pyridine rings is 1.